The van der Waals surface area contributed by atoms with Crippen molar-refractivity contribution in [3.05, 3.63) is 0 Å². The van der Waals surface area contributed by atoms with E-state index in [1.54, 1.807) is 0 Å². The minimum absolute atomic E-state index is 0. The van der Waals surface area contributed by atoms with E-state index in [9.17, 15) is 0 Å². The summed E-state index contributed by atoms with van der Waals surface area (Å²) in [4.78, 5) is 0. The van der Waals surface area contributed by atoms with Crippen LogP contribution < -0.4 is 0 Å². The molecule has 0 aromatic heterocycles. The Balaban J connectivity index is -0.0000000257. The van der Waals surface area contributed by atoms with Crippen LogP contribution in [0.4, 0.5) is 0 Å². The maximum Gasteiger partial charge on any atom is 0.102 e. The van der Waals surface area contributed by atoms with Crippen LogP contribution in [0.15, 0.2) is 0 Å². The van der Waals surface area contributed by atoms with Gasteiger partial charge >= 0.3 is 0 Å². The number of hydrogen-bond acceptors (Lipinski definition) is 0. The first-order valence-electron chi connectivity index (χ1n) is 3.46. The molecule has 0 atom stereocenters. The van der Waals surface area contributed by atoms with E-state index in [1.165, 1.54) is 0 Å². The smallest absolute Gasteiger partial charge is 0.0922 e. The summed E-state index contributed by atoms with van der Waals surface area (Å²) < 4.78 is 0. The standard InChI is InChI=1S/3C2H6B.CH4/c3*1-3-2;/h3*1-2H3;1H4. The third-order valence-corrected chi connectivity index (χ3v) is 0. The summed E-state index contributed by atoms with van der Waals surface area (Å²) in [6.07, 6.45) is 0. The Hall–Kier alpha value is 0.195. The molecule has 0 saturated heterocycles. The van der Waals surface area contributed by atoms with E-state index in [4.69, 9.17) is 0 Å². The molecule has 0 N–H and O–H groups in total. The molecule has 3 heteroatoms. The molecule has 0 aromatic carbocycles. The van der Waals surface area contributed by atoms with Crippen molar-refractivity contribution in [2.24, 2.45) is 0 Å². The third kappa shape index (κ3) is 11200. The largest absolute Gasteiger partial charge is 0.102 e. The van der Waals surface area contributed by atoms with E-state index >= 15 is 0 Å². The van der Waals surface area contributed by atoms with Crippen molar-refractivity contribution < 1.29 is 0 Å². The molecule has 0 aliphatic heterocycles. The minimum Gasteiger partial charge on any atom is -0.0922 e. The summed E-state index contributed by atoms with van der Waals surface area (Å²) >= 11 is 0. The fourth-order valence-electron chi connectivity index (χ4n) is 0. The second-order valence-electron chi connectivity index (χ2n) is 1.73. The fraction of sp³-hybridized carbons (Fsp3) is 1.00. The summed E-state index contributed by atoms with van der Waals surface area (Å²) in [6, 6.07) is 0. The molecular formula is C7H22B3. The SMILES string of the molecule is C.C[B]C.C[B]C.C[B]C. The minimum atomic E-state index is 0. The zero-order valence-corrected chi connectivity index (χ0v) is 7.73. The molecule has 0 amide bonds. The average Bonchev–Trinajstić information content (AvgIpc) is 1.70. The number of hydrogen-bond donors (Lipinski definition) is 0. The van der Waals surface area contributed by atoms with Crippen molar-refractivity contribution >= 4 is 21.8 Å². The van der Waals surface area contributed by atoms with Crippen molar-refractivity contribution in [2.45, 2.75) is 48.4 Å². The van der Waals surface area contributed by atoms with Gasteiger partial charge < -0.3 is 0 Å². The van der Waals surface area contributed by atoms with Crippen LogP contribution in [0, 0.1) is 0 Å². The zero-order chi connectivity index (χ0) is 8.12. The van der Waals surface area contributed by atoms with Crippen molar-refractivity contribution in [2.75, 3.05) is 0 Å². The van der Waals surface area contributed by atoms with E-state index in [-0.39, 0.29) is 7.43 Å². The van der Waals surface area contributed by atoms with Crippen molar-refractivity contribution in [1.82, 2.24) is 0 Å². The van der Waals surface area contributed by atoms with Gasteiger partial charge in [0.25, 0.3) is 0 Å². The maximum atomic E-state index is 2.00. The highest BCUT2D eigenvalue weighted by Crippen LogP contribution is 1.37. The molecule has 0 spiro atoms. The highest BCUT2D eigenvalue weighted by molar-refractivity contribution is 6.31. The van der Waals surface area contributed by atoms with Gasteiger partial charge in [0, 0.05) is 0 Å². The maximum absolute atomic E-state index is 2.00. The lowest BCUT2D eigenvalue weighted by Gasteiger charge is -1.41. The summed E-state index contributed by atoms with van der Waals surface area (Å²) in [7, 11) is 6.00. The first kappa shape index (κ1) is 22.5. The van der Waals surface area contributed by atoms with Gasteiger partial charge in [-0.05, 0) is 0 Å². The Morgan fingerprint density at radius 1 is 0.500 bits per heavy atom. The van der Waals surface area contributed by atoms with Gasteiger partial charge in [-0.25, -0.2) is 0 Å². The highest BCUT2D eigenvalue weighted by atomic mass is 13.0. The van der Waals surface area contributed by atoms with Crippen molar-refractivity contribution in [3.8, 4) is 0 Å². The average molecular weight is 139 g/mol. The van der Waals surface area contributed by atoms with Gasteiger partial charge in [0.15, 0.2) is 0 Å². The molecule has 0 bridgehead atoms. The van der Waals surface area contributed by atoms with Crippen LogP contribution in [-0.4, -0.2) is 21.8 Å². The summed E-state index contributed by atoms with van der Waals surface area (Å²) in [5, 5.41) is 0. The summed E-state index contributed by atoms with van der Waals surface area (Å²) in [6.45, 7) is 12.0. The van der Waals surface area contributed by atoms with Gasteiger partial charge in [0.1, 0.15) is 21.8 Å². The zero-order valence-electron chi connectivity index (χ0n) is 7.73. The first-order valence-corrected chi connectivity index (χ1v) is 3.46. The Morgan fingerprint density at radius 2 is 0.500 bits per heavy atom. The molecular weight excluding hydrogens is 117 g/mol. The molecule has 0 fully saturated rings. The molecule has 0 saturated carbocycles. The van der Waals surface area contributed by atoms with Crippen LogP contribution in [0.1, 0.15) is 7.43 Å². The van der Waals surface area contributed by atoms with Crippen molar-refractivity contribution in [3.63, 3.8) is 0 Å². The van der Waals surface area contributed by atoms with Crippen LogP contribution in [0.2, 0.25) is 40.9 Å². The Kier molecular flexibility index (Phi) is 136. The van der Waals surface area contributed by atoms with Crippen molar-refractivity contribution in [1.29, 1.82) is 0 Å². The predicted octanol–water partition coefficient (Wildman–Crippen LogP) is 3.00. The van der Waals surface area contributed by atoms with E-state index in [0.717, 1.165) is 0 Å². The lowest BCUT2D eigenvalue weighted by atomic mass is 9.88. The molecule has 0 aliphatic carbocycles. The molecule has 59 valence electrons. The van der Waals surface area contributed by atoms with Gasteiger partial charge in [-0.2, -0.15) is 0 Å². The van der Waals surface area contributed by atoms with Gasteiger partial charge in [0.05, 0.1) is 0 Å². The Morgan fingerprint density at radius 3 is 0.500 bits per heavy atom. The van der Waals surface area contributed by atoms with Crippen LogP contribution in [0.25, 0.3) is 0 Å². The molecule has 0 aromatic rings. The Bertz CT molecular complexity index is 13.6. The normalized spacial score (nSPS) is 4.20. The highest BCUT2D eigenvalue weighted by Gasteiger charge is 1.43. The van der Waals surface area contributed by atoms with Gasteiger partial charge in [-0.1, -0.05) is 48.4 Å². The van der Waals surface area contributed by atoms with E-state index in [2.05, 4.69) is 0 Å². The first-order chi connectivity index (χ1) is 4.24. The molecule has 10 heavy (non-hydrogen) atoms. The van der Waals surface area contributed by atoms with E-state index in [1.807, 2.05) is 62.8 Å². The number of rotatable bonds is 0. The van der Waals surface area contributed by atoms with Crippen LogP contribution in [0.3, 0.4) is 0 Å². The Labute approximate surface area is 70.9 Å². The second-order valence-corrected chi connectivity index (χ2v) is 1.73. The van der Waals surface area contributed by atoms with Crippen LogP contribution in [-0.2, 0) is 0 Å². The topological polar surface area (TPSA) is 0 Å². The molecule has 0 unspecified atom stereocenters. The van der Waals surface area contributed by atoms with E-state index in [0.29, 0.717) is 0 Å². The fourth-order valence-corrected chi connectivity index (χ4v) is 0. The van der Waals surface area contributed by atoms with Gasteiger partial charge in [-0.3, -0.25) is 0 Å². The van der Waals surface area contributed by atoms with Crippen LogP contribution >= 0.6 is 0 Å². The third-order valence-electron chi connectivity index (χ3n) is 0. The summed E-state index contributed by atoms with van der Waals surface area (Å²) in [5.74, 6) is 0. The lowest BCUT2D eigenvalue weighted by molar-refractivity contribution is 2.14. The van der Waals surface area contributed by atoms with Gasteiger partial charge in [0.2, 0.25) is 0 Å². The quantitative estimate of drug-likeness (QED) is 0.452. The molecule has 0 rings (SSSR count). The molecule has 0 heterocycles. The predicted molar refractivity (Wildman–Crippen MR) is 59.2 cm³/mol. The van der Waals surface area contributed by atoms with Gasteiger partial charge in [-0.15, -0.1) is 0 Å². The monoisotopic (exact) mass is 139 g/mol. The molecule has 0 nitrogen and oxygen atoms in total. The van der Waals surface area contributed by atoms with Crippen LogP contribution in [0.5, 0.6) is 0 Å². The second kappa shape index (κ2) is 60.5. The van der Waals surface area contributed by atoms with E-state index < -0.39 is 0 Å². The molecule has 3 radical (unpaired) electrons. The lowest BCUT2D eigenvalue weighted by Crippen LogP contribution is -1.53. The summed E-state index contributed by atoms with van der Waals surface area (Å²) in [5.41, 5.74) is 0. The molecule has 0 aliphatic rings.